The van der Waals surface area contributed by atoms with Crippen molar-refractivity contribution in [3.63, 3.8) is 0 Å². The van der Waals surface area contributed by atoms with Gasteiger partial charge in [-0.25, -0.2) is 0 Å². The molecular formula is C28H33N5O3. The first-order valence-electron chi connectivity index (χ1n) is 12.9. The molecular weight excluding hydrogens is 454 g/mol. The average Bonchev–Trinajstić information content (AvgIpc) is 3.23. The van der Waals surface area contributed by atoms with Crippen LogP contribution in [-0.2, 0) is 22.5 Å². The molecule has 0 spiro atoms. The van der Waals surface area contributed by atoms with Gasteiger partial charge in [-0.05, 0) is 43.1 Å². The maximum Gasteiger partial charge on any atom is 0.257 e. The Bertz CT molecular complexity index is 1300. The second kappa shape index (κ2) is 9.59. The Balaban J connectivity index is 1.27. The second-order valence-corrected chi connectivity index (χ2v) is 9.87. The van der Waals surface area contributed by atoms with Gasteiger partial charge in [-0.15, -0.1) is 0 Å². The molecule has 1 unspecified atom stereocenters. The van der Waals surface area contributed by atoms with Crippen molar-refractivity contribution in [2.75, 3.05) is 57.9 Å². The SMILES string of the molecule is CN1c2ccccc2C(=O)N2CCc3c(n(CC(=O)NCCCN4CCOCC4)c4ccccc34)C21. The molecule has 1 fully saturated rings. The van der Waals surface area contributed by atoms with Crippen LogP contribution in [0.4, 0.5) is 5.69 Å². The van der Waals surface area contributed by atoms with E-state index in [0.29, 0.717) is 13.1 Å². The number of nitrogens with zero attached hydrogens (tertiary/aromatic N) is 4. The van der Waals surface area contributed by atoms with E-state index in [-0.39, 0.29) is 24.5 Å². The van der Waals surface area contributed by atoms with E-state index in [9.17, 15) is 9.59 Å². The number of para-hydroxylation sites is 2. The summed E-state index contributed by atoms with van der Waals surface area (Å²) in [4.78, 5) is 33.1. The fraction of sp³-hybridized carbons (Fsp3) is 0.429. The van der Waals surface area contributed by atoms with Crippen LogP contribution in [0.2, 0.25) is 0 Å². The monoisotopic (exact) mass is 487 g/mol. The maximum atomic E-state index is 13.5. The summed E-state index contributed by atoms with van der Waals surface area (Å²) in [5.74, 6) is 0.0616. The number of rotatable bonds is 6. The minimum absolute atomic E-state index is 0.00263. The Kier molecular flexibility index (Phi) is 6.15. The van der Waals surface area contributed by atoms with Gasteiger partial charge in [0.25, 0.3) is 5.91 Å². The highest BCUT2D eigenvalue weighted by atomic mass is 16.5. The van der Waals surface area contributed by atoms with Gasteiger partial charge >= 0.3 is 0 Å². The van der Waals surface area contributed by atoms with E-state index >= 15 is 0 Å². The zero-order valence-corrected chi connectivity index (χ0v) is 20.8. The number of benzene rings is 2. The maximum absolute atomic E-state index is 13.5. The van der Waals surface area contributed by atoms with E-state index in [4.69, 9.17) is 4.74 Å². The lowest BCUT2D eigenvalue weighted by Crippen LogP contribution is -2.51. The summed E-state index contributed by atoms with van der Waals surface area (Å²) in [6.07, 6.45) is 1.46. The summed E-state index contributed by atoms with van der Waals surface area (Å²) < 4.78 is 7.55. The zero-order chi connectivity index (χ0) is 24.6. The van der Waals surface area contributed by atoms with Gasteiger partial charge < -0.3 is 24.4 Å². The second-order valence-electron chi connectivity index (χ2n) is 9.87. The van der Waals surface area contributed by atoms with E-state index in [2.05, 4.69) is 37.9 Å². The van der Waals surface area contributed by atoms with Crippen molar-refractivity contribution >= 4 is 28.4 Å². The van der Waals surface area contributed by atoms with E-state index in [1.807, 2.05) is 42.3 Å². The molecule has 1 aromatic heterocycles. The Morgan fingerprint density at radius 2 is 1.83 bits per heavy atom. The topological polar surface area (TPSA) is 70.1 Å². The lowest BCUT2D eigenvalue weighted by Gasteiger charge is -2.46. The van der Waals surface area contributed by atoms with Crippen LogP contribution in [0.25, 0.3) is 10.9 Å². The lowest BCUT2D eigenvalue weighted by atomic mass is 9.96. The zero-order valence-electron chi connectivity index (χ0n) is 20.8. The number of anilines is 1. The molecule has 6 rings (SSSR count). The fourth-order valence-electron chi connectivity index (χ4n) is 6.03. The molecule has 3 aliphatic heterocycles. The van der Waals surface area contributed by atoms with Crippen molar-refractivity contribution in [1.29, 1.82) is 0 Å². The molecule has 0 aliphatic carbocycles. The predicted molar refractivity (Wildman–Crippen MR) is 139 cm³/mol. The molecule has 8 heteroatoms. The smallest absolute Gasteiger partial charge is 0.257 e. The van der Waals surface area contributed by atoms with E-state index in [1.165, 1.54) is 10.9 Å². The average molecular weight is 488 g/mol. The van der Waals surface area contributed by atoms with Crippen LogP contribution in [0, 0.1) is 0 Å². The van der Waals surface area contributed by atoms with Gasteiger partial charge in [0.05, 0.1) is 30.2 Å². The highest BCUT2D eigenvalue weighted by Gasteiger charge is 2.42. The van der Waals surface area contributed by atoms with Crippen molar-refractivity contribution in [2.45, 2.75) is 25.6 Å². The van der Waals surface area contributed by atoms with Crippen molar-refractivity contribution in [1.82, 2.24) is 19.7 Å². The van der Waals surface area contributed by atoms with Crippen LogP contribution < -0.4 is 10.2 Å². The molecule has 36 heavy (non-hydrogen) atoms. The van der Waals surface area contributed by atoms with Crippen LogP contribution in [-0.4, -0.2) is 79.2 Å². The molecule has 1 saturated heterocycles. The van der Waals surface area contributed by atoms with Gasteiger partial charge in [0.1, 0.15) is 12.7 Å². The van der Waals surface area contributed by atoms with Crippen molar-refractivity contribution in [3.05, 3.63) is 65.4 Å². The third kappa shape index (κ3) is 3.94. The molecule has 1 N–H and O–H groups in total. The molecule has 8 nitrogen and oxygen atoms in total. The molecule has 0 saturated carbocycles. The molecule has 2 aromatic carbocycles. The third-order valence-corrected chi connectivity index (χ3v) is 7.78. The van der Waals surface area contributed by atoms with Gasteiger partial charge in [-0.1, -0.05) is 30.3 Å². The number of nitrogens with one attached hydrogen (secondary N) is 1. The first kappa shape index (κ1) is 23.1. The van der Waals surface area contributed by atoms with Crippen molar-refractivity contribution in [3.8, 4) is 0 Å². The molecule has 3 aromatic rings. The van der Waals surface area contributed by atoms with E-state index in [0.717, 1.165) is 68.2 Å². The molecule has 3 aliphatic rings. The van der Waals surface area contributed by atoms with Crippen LogP contribution in [0.15, 0.2) is 48.5 Å². The first-order chi connectivity index (χ1) is 17.6. The van der Waals surface area contributed by atoms with Gasteiger partial charge in [0.15, 0.2) is 0 Å². The number of amides is 2. The Morgan fingerprint density at radius 3 is 2.69 bits per heavy atom. The number of ether oxygens (including phenoxy) is 1. The summed E-state index contributed by atoms with van der Waals surface area (Å²) in [5, 5.41) is 4.30. The summed E-state index contributed by atoms with van der Waals surface area (Å²) >= 11 is 0. The minimum Gasteiger partial charge on any atom is -0.379 e. The van der Waals surface area contributed by atoms with E-state index < -0.39 is 0 Å². The third-order valence-electron chi connectivity index (χ3n) is 7.78. The van der Waals surface area contributed by atoms with Crippen LogP contribution >= 0.6 is 0 Å². The number of hydrogen-bond acceptors (Lipinski definition) is 5. The molecule has 1 atom stereocenters. The highest BCUT2D eigenvalue weighted by Crippen LogP contribution is 2.44. The minimum atomic E-state index is -0.238. The van der Waals surface area contributed by atoms with Crippen molar-refractivity contribution < 1.29 is 14.3 Å². The van der Waals surface area contributed by atoms with Gasteiger partial charge in [-0.3, -0.25) is 14.5 Å². The number of aromatic nitrogens is 1. The van der Waals surface area contributed by atoms with Gasteiger partial charge in [0.2, 0.25) is 5.91 Å². The van der Waals surface area contributed by atoms with Gasteiger partial charge in [-0.2, -0.15) is 0 Å². The van der Waals surface area contributed by atoms with Crippen molar-refractivity contribution in [2.24, 2.45) is 0 Å². The molecule has 0 bridgehead atoms. The highest BCUT2D eigenvalue weighted by molar-refractivity contribution is 6.02. The number of carbonyl (C=O) groups excluding carboxylic acids is 2. The largest absolute Gasteiger partial charge is 0.379 e. The Labute approximate surface area is 211 Å². The summed E-state index contributed by atoms with van der Waals surface area (Å²) in [6, 6.07) is 16.1. The fourth-order valence-corrected chi connectivity index (χ4v) is 6.03. The summed E-state index contributed by atoms with van der Waals surface area (Å²) in [6.45, 7) is 6.02. The molecule has 0 radical (unpaired) electrons. The number of hydrogen-bond donors (Lipinski definition) is 1. The molecule has 2 amide bonds. The van der Waals surface area contributed by atoms with Crippen LogP contribution in [0.1, 0.15) is 34.2 Å². The lowest BCUT2D eigenvalue weighted by molar-refractivity contribution is -0.121. The number of morpholine rings is 1. The van der Waals surface area contributed by atoms with Gasteiger partial charge in [0, 0.05) is 44.1 Å². The van der Waals surface area contributed by atoms with Crippen LogP contribution in [0.3, 0.4) is 0 Å². The summed E-state index contributed by atoms with van der Waals surface area (Å²) in [7, 11) is 2.05. The first-order valence-corrected chi connectivity index (χ1v) is 12.9. The Morgan fingerprint density at radius 1 is 1.06 bits per heavy atom. The standard InChI is InChI=1S/C28H33N5O3/c1-30-23-9-4-3-8-22(23)28(35)32-14-11-21-20-7-2-5-10-24(20)33(26(21)27(30)32)19-25(34)29-12-6-13-31-15-17-36-18-16-31/h2-5,7-10,27H,6,11-19H2,1H3,(H,29,34). The Hall–Kier alpha value is -3.36. The number of carbonyl (C=O) groups is 2. The van der Waals surface area contributed by atoms with Crippen LogP contribution in [0.5, 0.6) is 0 Å². The molecule has 188 valence electrons. The normalized spacial score (nSPS) is 19.7. The predicted octanol–water partition coefficient (Wildman–Crippen LogP) is 2.63. The number of fused-ring (bicyclic) bond motifs is 6. The quantitative estimate of drug-likeness (QED) is 0.542. The summed E-state index contributed by atoms with van der Waals surface area (Å²) in [5.41, 5.74) is 5.01. The molecule has 4 heterocycles. The van der Waals surface area contributed by atoms with E-state index in [1.54, 1.807) is 0 Å².